The maximum atomic E-state index is 13.9. The van der Waals surface area contributed by atoms with Crippen LogP contribution in [-0.2, 0) is 6.42 Å². The van der Waals surface area contributed by atoms with Crippen LogP contribution in [0.25, 0.3) is 0 Å². The molecule has 112 valence electrons. The average Bonchev–Trinajstić information content (AvgIpc) is 2.42. The number of benzene rings is 1. The molecule has 1 aliphatic carbocycles. The number of hydrogen-bond donors (Lipinski definition) is 1. The molecular weight excluding hydrogens is 273 g/mol. The Morgan fingerprint density at radius 2 is 1.95 bits per heavy atom. The van der Waals surface area contributed by atoms with Gasteiger partial charge in [-0.15, -0.1) is 0 Å². The second-order valence-corrected chi connectivity index (χ2v) is 6.68. The lowest BCUT2D eigenvalue weighted by Crippen LogP contribution is -2.35. The van der Waals surface area contributed by atoms with Gasteiger partial charge in [-0.2, -0.15) is 0 Å². The molecule has 3 heteroatoms. The fourth-order valence-corrected chi connectivity index (χ4v) is 3.44. The molecule has 0 aromatic heterocycles. The van der Waals surface area contributed by atoms with E-state index in [2.05, 4.69) is 19.2 Å². The Morgan fingerprint density at radius 3 is 2.60 bits per heavy atom. The lowest BCUT2D eigenvalue weighted by Gasteiger charge is -2.32. The van der Waals surface area contributed by atoms with Gasteiger partial charge in [0, 0.05) is 16.6 Å². The Hall–Kier alpha value is -0.600. The molecular formula is C17H25ClFN. The quantitative estimate of drug-likeness (QED) is 0.821. The van der Waals surface area contributed by atoms with Crippen LogP contribution in [0.5, 0.6) is 0 Å². The van der Waals surface area contributed by atoms with E-state index in [4.69, 9.17) is 11.6 Å². The highest BCUT2D eigenvalue weighted by molar-refractivity contribution is 6.31. The van der Waals surface area contributed by atoms with Crippen molar-refractivity contribution in [3.8, 4) is 0 Å². The third kappa shape index (κ3) is 4.20. The summed E-state index contributed by atoms with van der Waals surface area (Å²) in [5, 5.41) is 4.11. The van der Waals surface area contributed by atoms with Crippen LogP contribution in [0.4, 0.5) is 4.39 Å². The fourth-order valence-electron chi connectivity index (χ4n) is 3.20. The Kier molecular flexibility index (Phi) is 5.86. The minimum Gasteiger partial charge on any atom is -0.314 e. The van der Waals surface area contributed by atoms with E-state index in [1.54, 1.807) is 12.1 Å². The van der Waals surface area contributed by atoms with Gasteiger partial charge in [0.1, 0.15) is 5.82 Å². The maximum Gasteiger partial charge on any atom is 0.127 e. The molecule has 1 N–H and O–H groups in total. The van der Waals surface area contributed by atoms with Crippen molar-refractivity contribution in [1.82, 2.24) is 5.32 Å². The van der Waals surface area contributed by atoms with E-state index in [0.717, 1.165) is 13.0 Å². The van der Waals surface area contributed by atoms with Gasteiger partial charge < -0.3 is 5.32 Å². The molecule has 1 fully saturated rings. The van der Waals surface area contributed by atoms with E-state index in [0.29, 0.717) is 28.5 Å². The predicted octanol–water partition coefficient (Wildman–Crippen LogP) is 4.83. The normalized spacial score (nSPS) is 23.2. The van der Waals surface area contributed by atoms with Crippen LogP contribution < -0.4 is 5.32 Å². The van der Waals surface area contributed by atoms with Crippen LogP contribution >= 0.6 is 11.6 Å². The molecule has 0 saturated heterocycles. The standard InChI is InChI=1S/C17H25ClFN/c1-12(2)20-11-14-7-4-3-6-13(14)10-15-16(18)8-5-9-17(15)19/h5,8-9,12-14,20H,3-4,6-7,10-11H2,1-2H3. The van der Waals surface area contributed by atoms with Gasteiger partial charge >= 0.3 is 0 Å². The van der Waals surface area contributed by atoms with Gasteiger partial charge in [0.15, 0.2) is 0 Å². The van der Waals surface area contributed by atoms with Crippen molar-refractivity contribution >= 4 is 11.6 Å². The van der Waals surface area contributed by atoms with Crippen LogP contribution in [0.2, 0.25) is 5.02 Å². The molecule has 2 unspecified atom stereocenters. The SMILES string of the molecule is CC(C)NCC1CCCCC1Cc1c(F)cccc1Cl. The van der Waals surface area contributed by atoms with Crippen LogP contribution in [0.15, 0.2) is 18.2 Å². The summed E-state index contributed by atoms with van der Waals surface area (Å²) in [4.78, 5) is 0. The molecule has 20 heavy (non-hydrogen) atoms. The zero-order chi connectivity index (χ0) is 14.5. The van der Waals surface area contributed by atoms with Gasteiger partial charge in [-0.1, -0.05) is 44.4 Å². The van der Waals surface area contributed by atoms with Gasteiger partial charge in [-0.3, -0.25) is 0 Å². The van der Waals surface area contributed by atoms with Crippen molar-refractivity contribution in [3.63, 3.8) is 0 Å². The van der Waals surface area contributed by atoms with Crippen molar-refractivity contribution in [2.75, 3.05) is 6.54 Å². The minimum absolute atomic E-state index is 0.154. The van der Waals surface area contributed by atoms with Crippen LogP contribution in [0.3, 0.4) is 0 Å². The third-order valence-corrected chi connectivity index (χ3v) is 4.74. The smallest absolute Gasteiger partial charge is 0.127 e. The van der Waals surface area contributed by atoms with Crippen LogP contribution in [-0.4, -0.2) is 12.6 Å². The molecule has 1 aromatic rings. The number of nitrogens with one attached hydrogen (secondary N) is 1. The molecule has 2 rings (SSSR count). The van der Waals surface area contributed by atoms with E-state index in [-0.39, 0.29) is 5.82 Å². The summed E-state index contributed by atoms with van der Waals surface area (Å²) in [6.07, 6.45) is 5.77. The summed E-state index contributed by atoms with van der Waals surface area (Å²) in [5.74, 6) is 1.03. The maximum absolute atomic E-state index is 13.9. The van der Waals surface area contributed by atoms with E-state index in [1.165, 1.54) is 31.7 Å². The molecule has 0 heterocycles. The Bertz CT molecular complexity index is 413. The molecule has 1 nitrogen and oxygen atoms in total. The first-order valence-electron chi connectivity index (χ1n) is 7.74. The van der Waals surface area contributed by atoms with Crippen molar-refractivity contribution < 1.29 is 4.39 Å². The van der Waals surface area contributed by atoms with Crippen LogP contribution in [0, 0.1) is 17.7 Å². The van der Waals surface area contributed by atoms with Crippen LogP contribution in [0.1, 0.15) is 45.1 Å². The second-order valence-electron chi connectivity index (χ2n) is 6.27. The molecule has 1 aliphatic rings. The largest absolute Gasteiger partial charge is 0.314 e. The number of hydrogen-bond acceptors (Lipinski definition) is 1. The number of halogens is 2. The Balaban J connectivity index is 2.04. The highest BCUT2D eigenvalue weighted by atomic mass is 35.5. The molecule has 1 saturated carbocycles. The summed E-state index contributed by atoms with van der Waals surface area (Å²) in [6.45, 7) is 5.38. The topological polar surface area (TPSA) is 12.0 Å². The lowest BCUT2D eigenvalue weighted by atomic mass is 9.76. The molecule has 0 amide bonds. The van der Waals surface area contributed by atoms with Gasteiger partial charge in [0.2, 0.25) is 0 Å². The van der Waals surface area contributed by atoms with Gasteiger partial charge in [-0.25, -0.2) is 4.39 Å². The summed E-state index contributed by atoms with van der Waals surface area (Å²) in [7, 11) is 0. The number of rotatable bonds is 5. The van der Waals surface area contributed by atoms with E-state index in [9.17, 15) is 4.39 Å². The van der Waals surface area contributed by atoms with E-state index < -0.39 is 0 Å². The summed E-state index contributed by atoms with van der Waals surface area (Å²) in [5.41, 5.74) is 0.704. The van der Waals surface area contributed by atoms with Gasteiger partial charge in [0.05, 0.1) is 0 Å². The first-order valence-corrected chi connectivity index (χ1v) is 8.12. The van der Waals surface area contributed by atoms with Crippen molar-refractivity contribution in [1.29, 1.82) is 0 Å². The fraction of sp³-hybridized carbons (Fsp3) is 0.647. The van der Waals surface area contributed by atoms with Gasteiger partial charge in [0.25, 0.3) is 0 Å². The van der Waals surface area contributed by atoms with Crippen molar-refractivity contribution in [2.24, 2.45) is 11.8 Å². The van der Waals surface area contributed by atoms with Crippen molar-refractivity contribution in [2.45, 2.75) is 52.0 Å². The van der Waals surface area contributed by atoms with Crippen molar-refractivity contribution in [3.05, 3.63) is 34.6 Å². The first kappa shape index (κ1) is 15.8. The molecule has 1 aromatic carbocycles. The Labute approximate surface area is 126 Å². The monoisotopic (exact) mass is 297 g/mol. The molecule has 2 atom stereocenters. The highest BCUT2D eigenvalue weighted by Gasteiger charge is 2.26. The minimum atomic E-state index is -0.154. The van der Waals surface area contributed by atoms with Gasteiger partial charge in [-0.05, 0) is 49.8 Å². The molecule has 0 bridgehead atoms. The summed E-state index contributed by atoms with van der Waals surface area (Å²) >= 11 is 6.17. The first-order chi connectivity index (χ1) is 9.58. The summed E-state index contributed by atoms with van der Waals surface area (Å²) < 4.78 is 13.9. The highest BCUT2D eigenvalue weighted by Crippen LogP contribution is 2.34. The Morgan fingerprint density at radius 1 is 1.25 bits per heavy atom. The zero-order valence-corrected chi connectivity index (χ0v) is 13.2. The predicted molar refractivity (Wildman–Crippen MR) is 83.7 cm³/mol. The zero-order valence-electron chi connectivity index (χ0n) is 12.5. The van der Waals surface area contributed by atoms with E-state index in [1.807, 2.05) is 0 Å². The van der Waals surface area contributed by atoms with E-state index >= 15 is 0 Å². The average molecular weight is 298 g/mol. The second kappa shape index (κ2) is 7.42. The third-order valence-electron chi connectivity index (χ3n) is 4.38. The summed E-state index contributed by atoms with van der Waals surface area (Å²) in [6, 6.07) is 5.50. The molecule has 0 aliphatic heterocycles. The molecule has 0 spiro atoms. The molecule has 0 radical (unpaired) electrons. The lowest BCUT2D eigenvalue weighted by molar-refractivity contribution is 0.223.